The molecular formula is C27H23ClN4O3S. The van der Waals surface area contributed by atoms with E-state index in [0.717, 1.165) is 16.8 Å². The van der Waals surface area contributed by atoms with Crippen LogP contribution in [0, 0.1) is 0 Å². The van der Waals surface area contributed by atoms with Gasteiger partial charge in [-0.1, -0.05) is 71.9 Å². The first kappa shape index (κ1) is 24.1. The van der Waals surface area contributed by atoms with Gasteiger partial charge >= 0.3 is 0 Å². The SMILES string of the molecule is COc1cccc(NC(=O)C[C@H]2SC(N3N=C(c4ccc(Cl)cc4)C[C@H]3c3ccccc3)=NC2=O)c1. The van der Waals surface area contributed by atoms with Gasteiger partial charge in [0.1, 0.15) is 11.0 Å². The third kappa shape index (κ3) is 5.29. The summed E-state index contributed by atoms with van der Waals surface area (Å²) in [6.07, 6.45) is 0.658. The zero-order valence-electron chi connectivity index (χ0n) is 19.4. The van der Waals surface area contributed by atoms with Gasteiger partial charge in [-0.25, -0.2) is 5.01 Å². The second-order valence-electron chi connectivity index (χ2n) is 8.35. The molecule has 2 heterocycles. The van der Waals surface area contributed by atoms with Crippen LogP contribution in [0.4, 0.5) is 5.69 Å². The average molecular weight is 519 g/mol. The first-order chi connectivity index (χ1) is 17.5. The summed E-state index contributed by atoms with van der Waals surface area (Å²) in [4.78, 5) is 29.7. The summed E-state index contributed by atoms with van der Waals surface area (Å²) in [7, 11) is 1.57. The third-order valence-electron chi connectivity index (χ3n) is 5.92. The highest BCUT2D eigenvalue weighted by atomic mass is 35.5. The van der Waals surface area contributed by atoms with Crippen molar-refractivity contribution < 1.29 is 14.3 Å². The number of hydrogen-bond donors (Lipinski definition) is 1. The van der Waals surface area contributed by atoms with Crippen molar-refractivity contribution in [2.24, 2.45) is 10.1 Å². The standard InChI is InChI=1S/C27H23ClN4O3S/c1-35-21-9-5-8-20(14-21)29-25(33)16-24-26(34)30-27(36-24)32-23(18-6-3-2-4-7-18)15-22(31-32)17-10-12-19(28)13-11-17/h2-14,23-24H,15-16H2,1H3,(H,29,33)/t23-,24+/m0/s1. The Hall–Kier alpha value is -3.62. The van der Waals surface area contributed by atoms with Gasteiger partial charge in [0.25, 0.3) is 5.91 Å². The van der Waals surface area contributed by atoms with Crippen LogP contribution in [0.2, 0.25) is 5.02 Å². The van der Waals surface area contributed by atoms with E-state index in [1.54, 1.807) is 31.4 Å². The van der Waals surface area contributed by atoms with Gasteiger partial charge in [0.15, 0.2) is 5.17 Å². The number of nitrogens with zero attached hydrogens (tertiary/aromatic N) is 3. The zero-order chi connectivity index (χ0) is 25.1. The van der Waals surface area contributed by atoms with Gasteiger partial charge in [-0.3, -0.25) is 9.59 Å². The summed E-state index contributed by atoms with van der Waals surface area (Å²) in [5, 5.41) is 10.0. The number of hydrogen-bond acceptors (Lipinski definition) is 6. The van der Waals surface area contributed by atoms with Crippen LogP contribution in [0.1, 0.15) is 30.0 Å². The molecule has 0 aromatic heterocycles. The highest BCUT2D eigenvalue weighted by Gasteiger charge is 2.39. The Kier molecular flexibility index (Phi) is 7.06. The van der Waals surface area contributed by atoms with Crippen LogP contribution < -0.4 is 10.1 Å². The Morgan fingerprint density at radius 1 is 1.11 bits per heavy atom. The van der Waals surface area contributed by atoms with Crippen molar-refractivity contribution in [2.45, 2.75) is 24.1 Å². The summed E-state index contributed by atoms with van der Waals surface area (Å²) >= 11 is 7.34. The van der Waals surface area contributed by atoms with Gasteiger partial charge in [0.2, 0.25) is 5.91 Å². The quantitative estimate of drug-likeness (QED) is 0.464. The fourth-order valence-electron chi connectivity index (χ4n) is 4.12. The van der Waals surface area contributed by atoms with Crippen molar-refractivity contribution in [2.75, 3.05) is 12.4 Å². The number of amides is 2. The second-order valence-corrected chi connectivity index (χ2v) is 9.96. The van der Waals surface area contributed by atoms with Crippen molar-refractivity contribution in [3.63, 3.8) is 0 Å². The highest BCUT2D eigenvalue weighted by molar-refractivity contribution is 8.15. The minimum Gasteiger partial charge on any atom is -0.497 e. The molecule has 1 N–H and O–H groups in total. The molecule has 0 radical (unpaired) electrons. The van der Waals surface area contributed by atoms with Crippen LogP contribution in [0.25, 0.3) is 0 Å². The Labute approximate surface area is 218 Å². The molecule has 9 heteroatoms. The number of nitrogens with one attached hydrogen (secondary N) is 1. The van der Waals surface area contributed by atoms with Crippen LogP contribution in [0.15, 0.2) is 89.0 Å². The number of ether oxygens (including phenoxy) is 1. The maximum absolute atomic E-state index is 12.8. The lowest BCUT2D eigenvalue weighted by Crippen LogP contribution is -2.25. The van der Waals surface area contributed by atoms with E-state index in [1.807, 2.05) is 59.6 Å². The molecule has 7 nitrogen and oxygen atoms in total. The first-order valence-corrected chi connectivity index (χ1v) is 12.7. The van der Waals surface area contributed by atoms with E-state index in [0.29, 0.717) is 28.0 Å². The van der Waals surface area contributed by atoms with Gasteiger partial charge in [0.05, 0.1) is 18.9 Å². The molecule has 2 aliphatic rings. The molecule has 2 amide bonds. The molecule has 0 aliphatic carbocycles. The number of thioether (sulfide) groups is 1. The van der Waals surface area contributed by atoms with Gasteiger partial charge in [-0.15, -0.1) is 0 Å². The molecule has 5 rings (SSSR count). The van der Waals surface area contributed by atoms with Gasteiger partial charge in [-0.2, -0.15) is 10.1 Å². The first-order valence-electron chi connectivity index (χ1n) is 11.4. The summed E-state index contributed by atoms with van der Waals surface area (Å²) in [5.74, 6) is 0.0368. The smallest absolute Gasteiger partial charge is 0.262 e. The molecule has 0 saturated carbocycles. The fraction of sp³-hybridized carbons (Fsp3) is 0.185. The third-order valence-corrected chi connectivity index (χ3v) is 7.32. The van der Waals surface area contributed by atoms with E-state index in [4.69, 9.17) is 21.4 Å². The van der Waals surface area contributed by atoms with E-state index in [2.05, 4.69) is 10.3 Å². The number of hydrazone groups is 1. The lowest BCUT2D eigenvalue weighted by atomic mass is 9.99. The fourth-order valence-corrected chi connectivity index (χ4v) is 5.31. The molecule has 0 unspecified atom stereocenters. The van der Waals surface area contributed by atoms with Crippen LogP contribution >= 0.6 is 23.4 Å². The zero-order valence-corrected chi connectivity index (χ0v) is 21.0. The van der Waals surface area contributed by atoms with E-state index in [-0.39, 0.29) is 24.3 Å². The summed E-state index contributed by atoms with van der Waals surface area (Å²) in [6.45, 7) is 0. The minimum absolute atomic E-state index is 0.00527. The van der Waals surface area contributed by atoms with Crippen LogP contribution in [0.3, 0.4) is 0 Å². The number of aliphatic imine (C=N–C) groups is 1. The molecule has 0 spiro atoms. The molecule has 0 bridgehead atoms. The maximum atomic E-state index is 12.8. The van der Waals surface area contributed by atoms with E-state index in [1.165, 1.54) is 11.8 Å². The number of amidine groups is 1. The minimum atomic E-state index is -0.614. The lowest BCUT2D eigenvalue weighted by Gasteiger charge is -2.23. The maximum Gasteiger partial charge on any atom is 0.262 e. The van der Waals surface area contributed by atoms with Gasteiger partial charge in [0, 0.05) is 29.6 Å². The molecule has 3 aromatic rings. The van der Waals surface area contributed by atoms with Crippen molar-refractivity contribution in [1.82, 2.24) is 5.01 Å². The Morgan fingerprint density at radius 2 is 1.89 bits per heavy atom. The van der Waals surface area contributed by atoms with E-state index < -0.39 is 5.25 Å². The van der Waals surface area contributed by atoms with Crippen LogP contribution in [0.5, 0.6) is 5.75 Å². The summed E-state index contributed by atoms with van der Waals surface area (Å²) in [5.41, 5.74) is 3.53. The van der Waals surface area contributed by atoms with Crippen LogP contribution in [-0.4, -0.2) is 40.1 Å². The molecule has 2 aliphatic heterocycles. The predicted octanol–water partition coefficient (Wildman–Crippen LogP) is 5.53. The Balaban J connectivity index is 1.33. The van der Waals surface area contributed by atoms with Crippen molar-refractivity contribution >= 4 is 51.7 Å². The van der Waals surface area contributed by atoms with E-state index in [9.17, 15) is 9.59 Å². The molecular weight excluding hydrogens is 496 g/mol. The molecule has 182 valence electrons. The van der Waals surface area contributed by atoms with Crippen molar-refractivity contribution in [3.05, 3.63) is 95.0 Å². The summed E-state index contributed by atoms with van der Waals surface area (Å²) in [6, 6.07) is 24.5. The lowest BCUT2D eigenvalue weighted by molar-refractivity contribution is -0.121. The molecule has 36 heavy (non-hydrogen) atoms. The van der Waals surface area contributed by atoms with Gasteiger partial charge < -0.3 is 10.1 Å². The Morgan fingerprint density at radius 3 is 2.64 bits per heavy atom. The topological polar surface area (TPSA) is 83.4 Å². The molecule has 3 aromatic carbocycles. The van der Waals surface area contributed by atoms with Crippen molar-refractivity contribution in [1.29, 1.82) is 0 Å². The largest absolute Gasteiger partial charge is 0.497 e. The molecule has 0 saturated heterocycles. The van der Waals surface area contributed by atoms with Crippen molar-refractivity contribution in [3.8, 4) is 5.75 Å². The number of halogens is 1. The number of anilines is 1. The molecule has 2 atom stereocenters. The van der Waals surface area contributed by atoms with Gasteiger partial charge in [-0.05, 0) is 35.4 Å². The normalized spacial score (nSPS) is 19.2. The number of rotatable bonds is 6. The monoisotopic (exact) mass is 518 g/mol. The highest BCUT2D eigenvalue weighted by Crippen LogP contribution is 2.38. The number of carbonyl (C=O) groups excluding carboxylic acids is 2. The molecule has 0 fully saturated rings. The number of methoxy groups -OCH3 is 1. The number of carbonyl (C=O) groups is 2. The average Bonchev–Trinajstić information content (AvgIpc) is 3.49. The summed E-state index contributed by atoms with van der Waals surface area (Å²) < 4.78 is 5.20. The predicted molar refractivity (Wildman–Crippen MR) is 144 cm³/mol. The number of benzene rings is 3. The van der Waals surface area contributed by atoms with Crippen LogP contribution in [-0.2, 0) is 9.59 Å². The van der Waals surface area contributed by atoms with E-state index >= 15 is 0 Å². The second kappa shape index (κ2) is 10.6. The Bertz CT molecular complexity index is 1340.